The van der Waals surface area contributed by atoms with Crippen LogP contribution < -0.4 is 14.8 Å². The van der Waals surface area contributed by atoms with Gasteiger partial charge in [0, 0.05) is 27.7 Å². The zero-order valence-electron chi connectivity index (χ0n) is 15.1. The normalized spacial score (nSPS) is 13.4. The summed E-state index contributed by atoms with van der Waals surface area (Å²) in [6.07, 6.45) is -1.03. The number of fused-ring (bicyclic) bond motifs is 2. The Balaban J connectivity index is 1.45. The van der Waals surface area contributed by atoms with Crippen LogP contribution in [0.15, 0.2) is 40.8 Å². The summed E-state index contributed by atoms with van der Waals surface area (Å²) in [5, 5.41) is 3.93. The molecule has 0 bridgehead atoms. The second kappa shape index (κ2) is 7.09. The molecule has 1 aromatic heterocycles. The fourth-order valence-corrected chi connectivity index (χ4v) is 3.05. The maximum atomic E-state index is 12.5. The van der Waals surface area contributed by atoms with E-state index >= 15 is 0 Å². The van der Waals surface area contributed by atoms with Crippen LogP contribution in [0.2, 0.25) is 5.02 Å². The van der Waals surface area contributed by atoms with Crippen LogP contribution in [0.4, 0.5) is 5.69 Å². The maximum Gasteiger partial charge on any atom is 0.375 e. The first kappa shape index (κ1) is 18.2. The molecule has 3 aromatic rings. The highest BCUT2D eigenvalue weighted by atomic mass is 35.5. The molecule has 0 spiro atoms. The first-order chi connectivity index (χ1) is 13.4. The number of amides is 1. The highest BCUT2D eigenvalue weighted by Crippen LogP contribution is 2.34. The third kappa shape index (κ3) is 3.36. The van der Waals surface area contributed by atoms with Crippen molar-refractivity contribution in [3.05, 3.63) is 52.7 Å². The van der Waals surface area contributed by atoms with Gasteiger partial charge in [0.25, 0.3) is 5.91 Å². The van der Waals surface area contributed by atoms with Crippen LogP contribution >= 0.6 is 11.6 Å². The van der Waals surface area contributed by atoms with Crippen LogP contribution in [0.25, 0.3) is 11.0 Å². The van der Waals surface area contributed by atoms with Gasteiger partial charge in [0.15, 0.2) is 17.6 Å². The Kier molecular flexibility index (Phi) is 4.60. The lowest BCUT2D eigenvalue weighted by molar-refractivity contribution is -0.123. The zero-order chi connectivity index (χ0) is 19.8. The number of aryl methyl sites for hydroxylation is 1. The van der Waals surface area contributed by atoms with E-state index in [2.05, 4.69) is 5.32 Å². The molecule has 2 heterocycles. The lowest BCUT2D eigenvalue weighted by atomic mass is 10.1. The Morgan fingerprint density at radius 2 is 1.93 bits per heavy atom. The Morgan fingerprint density at radius 3 is 2.75 bits per heavy atom. The molecule has 4 rings (SSSR count). The molecule has 8 heteroatoms. The monoisotopic (exact) mass is 401 g/mol. The van der Waals surface area contributed by atoms with Crippen molar-refractivity contribution >= 4 is 40.1 Å². The average molecular weight is 402 g/mol. The molecule has 0 fully saturated rings. The van der Waals surface area contributed by atoms with E-state index in [9.17, 15) is 9.59 Å². The second-order valence-electron chi connectivity index (χ2n) is 6.30. The summed E-state index contributed by atoms with van der Waals surface area (Å²) in [5.41, 5.74) is 1.63. The second-order valence-corrected chi connectivity index (χ2v) is 6.74. The van der Waals surface area contributed by atoms with Crippen LogP contribution in [0.5, 0.6) is 11.5 Å². The summed E-state index contributed by atoms with van der Waals surface area (Å²) >= 11 is 5.99. The van der Waals surface area contributed by atoms with Gasteiger partial charge >= 0.3 is 5.97 Å². The van der Waals surface area contributed by atoms with Crippen molar-refractivity contribution in [1.29, 1.82) is 0 Å². The molecule has 0 aliphatic carbocycles. The Labute approximate surface area is 165 Å². The molecule has 1 amide bonds. The predicted octanol–water partition coefficient (Wildman–Crippen LogP) is 4.31. The van der Waals surface area contributed by atoms with Crippen molar-refractivity contribution < 1.29 is 28.2 Å². The van der Waals surface area contributed by atoms with Gasteiger partial charge < -0.3 is 23.9 Å². The number of carbonyl (C=O) groups excluding carboxylic acids is 2. The van der Waals surface area contributed by atoms with Crippen molar-refractivity contribution in [2.75, 3.05) is 12.1 Å². The van der Waals surface area contributed by atoms with Crippen LogP contribution in [0.3, 0.4) is 0 Å². The van der Waals surface area contributed by atoms with Gasteiger partial charge in [-0.3, -0.25) is 4.79 Å². The van der Waals surface area contributed by atoms with Gasteiger partial charge in [-0.1, -0.05) is 11.6 Å². The molecular weight excluding hydrogens is 386 g/mol. The van der Waals surface area contributed by atoms with Gasteiger partial charge in [-0.2, -0.15) is 0 Å². The molecule has 2 aromatic carbocycles. The smallest absolute Gasteiger partial charge is 0.375 e. The predicted molar refractivity (Wildman–Crippen MR) is 102 cm³/mol. The first-order valence-corrected chi connectivity index (χ1v) is 8.90. The van der Waals surface area contributed by atoms with E-state index in [0.717, 1.165) is 5.39 Å². The van der Waals surface area contributed by atoms with E-state index in [4.69, 9.17) is 30.2 Å². The highest BCUT2D eigenvalue weighted by molar-refractivity contribution is 6.31. The van der Waals surface area contributed by atoms with E-state index in [0.29, 0.717) is 33.4 Å². The quantitative estimate of drug-likeness (QED) is 0.655. The highest BCUT2D eigenvalue weighted by Gasteiger charge is 2.25. The van der Waals surface area contributed by atoms with E-state index in [1.165, 1.54) is 6.92 Å². The van der Waals surface area contributed by atoms with E-state index in [1.807, 2.05) is 0 Å². The van der Waals surface area contributed by atoms with Crippen LogP contribution in [0, 0.1) is 6.92 Å². The summed E-state index contributed by atoms with van der Waals surface area (Å²) in [6.45, 7) is 3.36. The molecule has 1 N–H and O–H groups in total. The third-order valence-corrected chi connectivity index (χ3v) is 4.61. The zero-order valence-corrected chi connectivity index (χ0v) is 15.8. The van der Waals surface area contributed by atoms with E-state index in [-0.39, 0.29) is 12.6 Å². The Bertz CT molecular complexity index is 1090. The number of rotatable bonds is 4. The molecule has 1 aliphatic heterocycles. The minimum absolute atomic E-state index is 0.0417. The standard InChI is InChI=1S/C20H16ClNO6/c1-10-14-7-12(21)3-5-15(14)28-18(10)20(24)27-11(2)19(23)22-13-4-6-16-17(8-13)26-9-25-16/h3-8,11H,9H2,1-2H3,(H,22,23). The molecule has 1 atom stereocenters. The fourth-order valence-electron chi connectivity index (χ4n) is 2.87. The van der Waals surface area contributed by atoms with Gasteiger partial charge in [-0.25, -0.2) is 4.79 Å². The van der Waals surface area contributed by atoms with Crippen LogP contribution in [-0.4, -0.2) is 24.8 Å². The van der Waals surface area contributed by atoms with Crippen molar-refractivity contribution in [1.82, 2.24) is 0 Å². The number of benzene rings is 2. The van der Waals surface area contributed by atoms with Crippen LogP contribution in [-0.2, 0) is 9.53 Å². The summed E-state index contributed by atoms with van der Waals surface area (Å²) in [4.78, 5) is 24.8. The van der Waals surface area contributed by atoms with E-state index in [1.54, 1.807) is 43.3 Å². The maximum absolute atomic E-state index is 12.5. The first-order valence-electron chi connectivity index (χ1n) is 8.52. The number of carbonyl (C=O) groups is 2. The number of nitrogens with one attached hydrogen (secondary N) is 1. The summed E-state index contributed by atoms with van der Waals surface area (Å²) in [6, 6.07) is 10.1. The number of halogens is 1. The number of furan rings is 1. The van der Waals surface area contributed by atoms with E-state index < -0.39 is 18.0 Å². The largest absolute Gasteiger partial charge is 0.454 e. The molecule has 0 saturated carbocycles. The molecule has 0 radical (unpaired) electrons. The topological polar surface area (TPSA) is 87.0 Å². The number of hydrogen-bond acceptors (Lipinski definition) is 6. The molecule has 144 valence electrons. The molecule has 7 nitrogen and oxygen atoms in total. The lowest BCUT2D eigenvalue weighted by Crippen LogP contribution is -2.30. The number of ether oxygens (including phenoxy) is 3. The van der Waals surface area contributed by atoms with Gasteiger partial charge in [0.1, 0.15) is 5.58 Å². The number of hydrogen-bond donors (Lipinski definition) is 1. The van der Waals surface area contributed by atoms with Crippen molar-refractivity contribution in [3.63, 3.8) is 0 Å². The molecule has 0 saturated heterocycles. The average Bonchev–Trinajstić information content (AvgIpc) is 3.26. The third-order valence-electron chi connectivity index (χ3n) is 4.38. The molecule has 28 heavy (non-hydrogen) atoms. The minimum Gasteiger partial charge on any atom is -0.454 e. The summed E-state index contributed by atoms with van der Waals surface area (Å²) < 4.78 is 21.3. The van der Waals surface area contributed by atoms with Crippen molar-refractivity contribution in [2.45, 2.75) is 20.0 Å². The van der Waals surface area contributed by atoms with Crippen molar-refractivity contribution in [3.8, 4) is 11.5 Å². The van der Waals surface area contributed by atoms with Crippen molar-refractivity contribution in [2.24, 2.45) is 0 Å². The Morgan fingerprint density at radius 1 is 1.14 bits per heavy atom. The SMILES string of the molecule is Cc1c(C(=O)OC(C)C(=O)Nc2ccc3c(c2)OCO3)oc2ccc(Cl)cc12. The molecule has 1 aliphatic rings. The van der Waals surface area contributed by atoms with Gasteiger partial charge in [-0.05, 0) is 44.2 Å². The van der Waals surface area contributed by atoms with Crippen LogP contribution in [0.1, 0.15) is 23.0 Å². The number of anilines is 1. The molecule has 1 unspecified atom stereocenters. The number of esters is 1. The fraction of sp³-hybridized carbons (Fsp3) is 0.200. The summed E-state index contributed by atoms with van der Waals surface area (Å²) in [5.74, 6) is -0.0147. The van der Waals surface area contributed by atoms with Gasteiger partial charge in [-0.15, -0.1) is 0 Å². The van der Waals surface area contributed by atoms with Gasteiger partial charge in [0.05, 0.1) is 0 Å². The Hall–Kier alpha value is -3.19. The molecular formula is C20H16ClNO6. The minimum atomic E-state index is -1.03. The lowest BCUT2D eigenvalue weighted by Gasteiger charge is -2.13. The summed E-state index contributed by atoms with van der Waals surface area (Å²) in [7, 11) is 0. The van der Waals surface area contributed by atoms with Gasteiger partial charge in [0.2, 0.25) is 12.6 Å².